The lowest BCUT2D eigenvalue weighted by molar-refractivity contribution is 0.249. The van der Waals surface area contributed by atoms with Crippen LogP contribution >= 0.6 is 12.2 Å². The zero-order chi connectivity index (χ0) is 25.4. The maximum Gasteiger partial charge on any atom is 0.203 e. The fourth-order valence-corrected chi connectivity index (χ4v) is 3.84. The number of pyridine rings is 1. The van der Waals surface area contributed by atoms with Gasteiger partial charge in [-0.05, 0) is 37.2 Å². The van der Waals surface area contributed by atoms with E-state index in [2.05, 4.69) is 30.9 Å². The number of thiocarbonyl (C=S) groups is 1. The first-order chi connectivity index (χ1) is 16.9. The lowest BCUT2D eigenvalue weighted by Gasteiger charge is -2.23. The van der Waals surface area contributed by atoms with Gasteiger partial charge in [0.05, 0.1) is 33.6 Å². The van der Waals surface area contributed by atoms with Gasteiger partial charge in [-0.2, -0.15) is 0 Å². The Hall–Kier alpha value is -3.47. The van der Waals surface area contributed by atoms with Gasteiger partial charge in [0.15, 0.2) is 28.1 Å². The highest BCUT2D eigenvalue weighted by molar-refractivity contribution is 7.80. The fraction of sp³-hybridized carbons (Fsp3) is 0.417. The summed E-state index contributed by atoms with van der Waals surface area (Å²) in [6.45, 7) is 3.83. The number of benzene rings is 1. The molecule has 0 bridgehead atoms. The van der Waals surface area contributed by atoms with E-state index in [0.29, 0.717) is 63.7 Å². The average Bonchev–Trinajstić information content (AvgIpc) is 2.87. The smallest absolute Gasteiger partial charge is 0.203 e. The van der Waals surface area contributed by atoms with Crippen LogP contribution < -0.4 is 30.2 Å². The van der Waals surface area contributed by atoms with Crippen molar-refractivity contribution < 1.29 is 18.6 Å². The molecule has 0 spiro atoms. The van der Waals surface area contributed by atoms with Crippen LogP contribution in [0.4, 0.5) is 21.7 Å². The molecule has 0 fully saturated rings. The molecule has 0 amide bonds. The van der Waals surface area contributed by atoms with Crippen molar-refractivity contribution in [1.29, 1.82) is 0 Å². The first-order valence-electron chi connectivity index (χ1n) is 11.3. The quantitative estimate of drug-likeness (QED) is 0.311. The molecule has 0 saturated heterocycles. The third kappa shape index (κ3) is 6.56. The van der Waals surface area contributed by atoms with Crippen LogP contribution in [-0.2, 0) is 0 Å². The summed E-state index contributed by atoms with van der Waals surface area (Å²) in [5.74, 6) is 2.47. The highest BCUT2D eigenvalue weighted by atomic mass is 32.1. The Kier molecular flexibility index (Phi) is 9.18. The first kappa shape index (κ1) is 26.1. The number of rotatable bonds is 11. The van der Waals surface area contributed by atoms with Crippen LogP contribution in [0.5, 0.6) is 17.2 Å². The summed E-state index contributed by atoms with van der Waals surface area (Å²) in [5.41, 5.74) is 1.70. The number of halogens is 1. The highest BCUT2D eigenvalue weighted by Gasteiger charge is 2.19. The number of anilines is 3. The van der Waals surface area contributed by atoms with E-state index in [1.54, 1.807) is 51.8 Å². The molecule has 0 aliphatic rings. The minimum atomic E-state index is -0.978. The maximum atomic E-state index is 14.2. The van der Waals surface area contributed by atoms with Crippen LogP contribution in [0.15, 0.2) is 30.5 Å². The molecule has 0 saturated carbocycles. The number of ether oxygens (including phenoxy) is 3. The molecule has 11 heteroatoms. The second kappa shape index (κ2) is 12.3. The fourth-order valence-electron chi connectivity index (χ4n) is 3.59. The van der Waals surface area contributed by atoms with Crippen molar-refractivity contribution in [3.63, 3.8) is 0 Å². The SMILES string of the molecule is CCCC(NC(=S)Nc1ccc2ncc(Nc3cc(OC)c(OC)c(OC)c3)nc2n1)C(F)CC. The van der Waals surface area contributed by atoms with Gasteiger partial charge < -0.3 is 30.2 Å². The third-order valence-electron chi connectivity index (χ3n) is 5.33. The summed E-state index contributed by atoms with van der Waals surface area (Å²) in [6, 6.07) is 6.73. The Morgan fingerprint density at radius 2 is 1.71 bits per heavy atom. The van der Waals surface area contributed by atoms with Gasteiger partial charge in [-0.1, -0.05) is 20.3 Å². The number of alkyl halides is 1. The van der Waals surface area contributed by atoms with Crippen molar-refractivity contribution in [2.24, 2.45) is 0 Å². The standard InChI is InChI=1S/C24H31FN6O3S/c1-6-8-16(15(25)7-2)28-24(35)31-20-10-9-17-23(29-20)30-21(13-26-17)27-14-11-18(32-3)22(34-5)19(12-14)33-4/h9-13,15-16H,6-8H2,1-5H3,(H3,27,28,29,30,31,35). The van der Waals surface area contributed by atoms with E-state index >= 15 is 0 Å². The van der Waals surface area contributed by atoms with Crippen LogP contribution in [0.3, 0.4) is 0 Å². The van der Waals surface area contributed by atoms with E-state index in [-0.39, 0.29) is 6.04 Å². The number of nitrogens with zero attached hydrogens (tertiary/aromatic N) is 3. The Morgan fingerprint density at radius 3 is 2.31 bits per heavy atom. The van der Waals surface area contributed by atoms with E-state index in [1.807, 2.05) is 13.8 Å². The molecule has 35 heavy (non-hydrogen) atoms. The molecular formula is C24H31FN6O3S. The van der Waals surface area contributed by atoms with Crippen LogP contribution in [0.25, 0.3) is 11.2 Å². The highest BCUT2D eigenvalue weighted by Crippen LogP contribution is 2.40. The van der Waals surface area contributed by atoms with Gasteiger partial charge in [0, 0.05) is 17.8 Å². The van der Waals surface area contributed by atoms with E-state index in [4.69, 9.17) is 26.4 Å². The molecule has 188 valence electrons. The van der Waals surface area contributed by atoms with Crippen LogP contribution in [0.1, 0.15) is 33.1 Å². The van der Waals surface area contributed by atoms with Gasteiger partial charge in [0.25, 0.3) is 0 Å². The zero-order valence-corrected chi connectivity index (χ0v) is 21.3. The van der Waals surface area contributed by atoms with E-state index in [9.17, 15) is 4.39 Å². The number of fused-ring (bicyclic) bond motifs is 1. The minimum Gasteiger partial charge on any atom is -0.493 e. The predicted octanol–water partition coefficient (Wildman–Crippen LogP) is 5.00. The molecule has 2 heterocycles. The monoisotopic (exact) mass is 502 g/mol. The predicted molar refractivity (Wildman–Crippen MR) is 140 cm³/mol. The summed E-state index contributed by atoms with van der Waals surface area (Å²) < 4.78 is 30.4. The van der Waals surface area contributed by atoms with Crippen molar-refractivity contribution in [2.75, 3.05) is 32.0 Å². The van der Waals surface area contributed by atoms with Gasteiger partial charge >= 0.3 is 0 Å². The molecule has 3 aromatic rings. The molecule has 2 aromatic heterocycles. The van der Waals surface area contributed by atoms with Crippen LogP contribution in [0, 0.1) is 0 Å². The third-order valence-corrected chi connectivity index (χ3v) is 5.55. The van der Waals surface area contributed by atoms with Crippen LogP contribution in [-0.4, -0.2) is 53.6 Å². The number of aromatic nitrogens is 3. The molecule has 9 nitrogen and oxygen atoms in total. The Balaban J connectivity index is 1.79. The van der Waals surface area contributed by atoms with E-state index < -0.39 is 6.17 Å². The van der Waals surface area contributed by atoms with E-state index in [1.165, 1.54) is 0 Å². The van der Waals surface area contributed by atoms with Gasteiger partial charge in [0.2, 0.25) is 5.75 Å². The molecular weight excluding hydrogens is 471 g/mol. The topological polar surface area (TPSA) is 102 Å². The Bertz CT molecular complexity index is 1140. The van der Waals surface area contributed by atoms with Crippen LogP contribution in [0.2, 0.25) is 0 Å². The summed E-state index contributed by atoms with van der Waals surface area (Å²) in [6.07, 6.45) is 2.59. The lowest BCUT2D eigenvalue weighted by atomic mass is 10.1. The summed E-state index contributed by atoms with van der Waals surface area (Å²) in [5, 5.41) is 9.58. The summed E-state index contributed by atoms with van der Waals surface area (Å²) >= 11 is 5.39. The summed E-state index contributed by atoms with van der Waals surface area (Å²) in [7, 11) is 4.65. The van der Waals surface area contributed by atoms with E-state index in [0.717, 1.165) is 6.42 Å². The second-order valence-corrected chi connectivity index (χ2v) is 8.16. The zero-order valence-electron chi connectivity index (χ0n) is 20.5. The van der Waals surface area contributed by atoms with Crippen molar-refractivity contribution in [1.82, 2.24) is 20.3 Å². The molecule has 0 aliphatic heterocycles. The van der Waals surface area contributed by atoms with Crippen molar-refractivity contribution >= 4 is 45.8 Å². The van der Waals surface area contributed by atoms with Gasteiger partial charge in [-0.15, -0.1) is 0 Å². The first-order valence-corrected chi connectivity index (χ1v) is 11.8. The van der Waals surface area contributed by atoms with Crippen molar-refractivity contribution in [3.05, 3.63) is 30.5 Å². The van der Waals surface area contributed by atoms with Gasteiger partial charge in [-0.25, -0.2) is 19.3 Å². The number of methoxy groups -OCH3 is 3. The molecule has 2 atom stereocenters. The molecule has 3 rings (SSSR count). The minimum absolute atomic E-state index is 0.311. The number of hydrogen-bond donors (Lipinski definition) is 3. The summed E-state index contributed by atoms with van der Waals surface area (Å²) in [4.78, 5) is 13.5. The largest absolute Gasteiger partial charge is 0.493 e. The number of nitrogens with one attached hydrogen (secondary N) is 3. The van der Waals surface area contributed by atoms with Crippen molar-refractivity contribution in [2.45, 2.75) is 45.3 Å². The molecule has 0 radical (unpaired) electrons. The maximum absolute atomic E-state index is 14.2. The Morgan fingerprint density at radius 1 is 1.03 bits per heavy atom. The van der Waals surface area contributed by atoms with Gasteiger partial charge in [-0.3, -0.25) is 0 Å². The number of hydrogen-bond acceptors (Lipinski definition) is 8. The normalized spacial score (nSPS) is 12.5. The average molecular weight is 503 g/mol. The molecule has 0 aliphatic carbocycles. The van der Waals surface area contributed by atoms with Gasteiger partial charge in [0.1, 0.15) is 17.5 Å². The Labute approximate surface area is 209 Å². The lowest BCUT2D eigenvalue weighted by Crippen LogP contribution is -2.43. The molecule has 1 aromatic carbocycles. The molecule has 3 N–H and O–H groups in total. The second-order valence-electron chi connectivity index (χ2n) is 7.75. The van der Waals surface area contributed by atoms with Crippen molar-refractivity contribution in [3.8, 4) is 17.2 Å². The molecule has 2 unspecified atom stereocenters.